The first kappa shape index (κ1) is 15.5. The molecule has 2 fully saturated rings. The SMILES string of the molecule is C=CCn1c(C)cc(C(=O)CN2C3CCC2CC(O)C3)c1C. The highest BCUT2D eigenvalue weighted by Gasteiger charge is 2.41. The van der Waals surface area contributed by atoms with E-state index in [0.717, 1.165) is 49.2 Å². The van der Waals surface area contributed by atoms with Gasteiger partial charge in [0.05, 0.1) is 12.6 Å². The predicted octanol–water partition coefficient (Wildman–Crippen LogP) is 2.46. The smallest absolute Gasteiger partial charge is 0.178 e. The standard InChI is InChI=1S/C18H26N2O2/c1-4-7-19-12(2)8-17(13(19)3)18(22)11-20-14-5-6-15(20)10-16(21)9-14/h4,8,14-16,21H,1,5-7,9-11H2,2-3H3. The van der Waals surface area contributed by atoms with Crippen molar-refractivity contribution in [1.82, 2.24) is 9.47 Å². The Labute approximate surface area is 132 Å². The number of aliphatic hydroxyl groups excluding tert-OH is 1. The van der Waals surface area contributed by atoms with Gasteiger partial charge in [-0.3, -0.25) is 9.69 Å². The largest absolute Gasteiger partial charge is 0.393 e. The van der Waals surface area contributed by atoms with Gasteiger partial charge in [-0.1, -0.05) is 6.08 Å². The molecule has 2 aliphatic rings. The second-order valence-corrected chi connectivity index (χ2v) is 6.79. The van der Waals surface area contributed by atoms with Crippen LogP contribution in [0.5, 0.6) is 0 Å². The van der Waals surface area contributed by atoms with E-state index in [2.05, 4.69) is 16.0 Å². The summed E-state index contributed by atoms with van der Waals surface area (Å²) < 4.78 is 2.13. The van der Waals surface area contributed by atoms with E-state index in [1.54, 1.807) is 0 Å². The Morgan fingerprint density at radius 1 is 1.36 bits per heavy atom. The van der Waals surface area contributed by atoms with E-state index in [0.29, 0.717) is 18.6 Å². The maximum absolute atomic E-state index is 12.8. The van der Waals surface area contributed by atoms with E-state index in [-0.39, 0.29) is 11.9 Å². The molecule has 1 N–H and O–H groups in total. The molecule has 2 aliphatic heterocycles. The highest BCUT2D eigenvalue weighted by atomic mass is 16.3. The summed E-state index contributed by atoms with van der Waals surface area (Å²) in [6.45, 7) is 9.06. The number of Topliss-reactive ketones (excluding diaryl/α,β-unsaturated/α-hetero) is 1. The van der Waals surface area contributed by atoms with Crippen molar-refractivity contribution in [3.8, 4) is 0 Å². The predicted molar refractivity (Wildman–Crippen MR) is 87.2 cm³/mol. The summed E-state index contributed by atoms with van der Waals surface area (Å²) in [7, 11) is 0. The average Bonchev–Trinajstić information content (AvgIpc) is 2.87. The molecule has 1 aromatic heterocycles. The second kappa shape index (κ2) is 6.01. The zero-order chi connectivity index (χ0) is 15.9. The molecule has 3 heterocycles. The molecule has 4 heteroatoms. The molecule has 3 rings (SSSR count). The fourth-order valence-corrected chi connectivity index (χ4v) is 4.25. The lowest BCUT2D eigenvalue weighted by atomic mass is 9.99. The van der Waals surface area contributed by atoms with Gasteiger partial charge in [0.15, 0.2) is 5.78 Å². The van der Waals surface area contributed by atoms with Gasteiger partial charge in [-0.15, -0.1) is 6.58 Å². The maximum Gasteiger partial charge on any atom is 0.178 e. The van der Waals surface area contributed by atoms with E-state index in [4.69, 9.17) is 0 Å². The molecule has 0 amide bonds. The quantitative estimate of drug-likeness (QED) is 0.671. The Balaban J connectivity index is 1.76. The number of ketones is 1. The molecule has 2 atom stereocenters. The molecule has 2 saturated heterocycles. The van der Waals surface area contributed by atoms with Gasteiger partial charge in [-0.05, 0) is 45.6 Å². The maximum atomic E-state index is 12.8. The van der Waals surface area contributed by atoms with Gasteiger partial charge < -0.3 is 9.67 Å². The van der Waals surface area contributed by atoms with E-state index in [1.165, 1.54) is 0 Å². The number of fused-ring (bicyclic) bond motifs is 2. The Bertz CT molecular complexity index is 576. The van der Waals surface area contributed by atoms with Crippen molar-refractivity contribution in [2.75, 3.05) is 6.54 Å². The number of hydrogen-bond acceptors (Lipinski definition) is 3. The molecule has 1 aromatic rings. The highest BCUT2D eigenvalue weighted by molar-refractivity contribution is 5.99. The number of carbonyl (C=O) groups excluding carboxylic acids is 1. The van der Waals surface area contributed by atoms with Crippen LogP contribution in [0.25, 0.3) is 0 Å². The highest BCUT2D eigenvalue weighted by Crippen LogP contribution is 2.35. The van der Waals surface area contributed by atoms with Crippen LogP contribution in [-0.4, -0.2) is 45.1 Å². The van der Waals surface area contributed by atoms with Crippen molar-refractivity contribution in [2.45, 2.75) is 64.3 Å². The van der Waals surface area contributed by atoms with Gasteiger partial charge in [0.25, 0.3) is 0 Å². The van der Waals surface area contributed by atoms with Crippen LogP contribution in [-0.2, 0) is 6.54 Å². The average molecular weight is 302 g/mol. The Morgan fingerprint density at radius 3 is 2.59 bits per heavy atom. The number of aromatic nitrogens is 1. The van der Waals surface area contributed by atoms with Crippen LogP contribution in [0.4, 0.5) is 0 Å². The van der Waals surface area contributed by atoms with Crippen molar-refractivity contribution in [1.29, 1.82) is 0 Å². The third-order valence-electron chi connectivity index (χ3n) is 5.37. The summed E-state index contributed by atoms with van der Waals surface area (Å²) >= 11 is 0. The van der Waals surface area contributed by atoms with Crippen LogP contribution < -0.4 is 0 Å². The number of nitrogens with zero attached hydrogens (tertiary/aromatic N) is 2. The number of allylic oxidation sites excluding steroid dienone is 1. The molecule has 0 aliphatic carbocycles. The fourth-order valence-electron chi connectivity index (χ4n) is 4.25. The second-order valence-electron chi connectivity index (χ2n) is 6.79. The lowest BCUT2D eigenvalue weighted by Gasteiger charge is -2.36. The molecular formula is C18H26N2O2. The van der Waals surface area contributed by atoms with Gasteiger partial charge >= 0.3 is 0 Å². The summed E-state index contributed by atoms with van der Waals surface area (Å²) in [5.41, 5.74) is 2.98. The van der Waals surface area contributed by atoms with Gasteiger partial charge in [-0.2, -0.15) is 0 Å². The molecule has 4 nitrogen and oxygen atoms in total. The van der Waals surface area contributed by atoms with Crippen molar-refractivity contribution in [3.05, 3.63) is 35.7 Å². The molecule has 2 unspecified atom stereocenters. The number of hydrogen-bond donors (Lipinski definition) is 1. The molecule has 2 bridgehead atoms. The van der Waals surface area contributed by atoms with Crippen LogP contribution in [0, 0.1) is 13.8 Å². The molecule has 120 valence electrons. The normalized spacial score (nSPS) is 28.0. The minimum atomic E-state index is -0.179. The number of piperidine rings is 1. The van der Waals surface area contributed by atoms with Crippen LogP contribution >= 0.6 is 0 Å². The van der Waals surface area contributed by atoms with Crippen molar-refractivity contribution < 1.29 is 9.90 Å². The summed E-state index contributed by atoms with van der Waals surface area (Å²) in [6.07, 6.45) is 5.55. The topological polar surface area (TPSA) is 45.5 Å². The molecular weight excluding hydrogens is 276 g/mol. The van der Waals surface area contributed by atoms with Crippen LogP contribution in [0.3, 0.4) is 0 Å². The Hall–Kier alpha value is -1.39. The third kappa shape index (κ3) is 2.66. The van der Waals surface area contributed by atoms with Gasteiger partial charge in [0.1, 0.15) is 0 Å². The first-order valence-electron chi connectivity index (χ1n) is 8.26. The molecule has 0 aromatic carbocycles. The zero-order valence-electron chi connectivity index (χ0n) is 13.6. The van der Waals surface area contributed by atoms with E-state index in [9.17, 15) is 9.90 Å². The number of aliphatic hydroxyl groups is 1. The van der Waals surface area contributed by atoms with Gasteiger partial charge in [-0.25, -0.2) is 0 Å². The summed E-state index contributed by atoms with van der Waals surface area (Å²) in [5, 5.41) is 9.88. The molecule has 22 heavy (non-hydrogen) atoms. The monoisotopic (exact) mass is 302 g/mol. The Kier molecular flexibility index (Phi) is 4.24. The van der Waals surface area contributed by atoms with Crippen LogP contribution in [0.2, 0.25) is 0 Å². The van der Waals surface area contributed by atoms with Gasteiger partial charge in [0.2, 0.25) is 0 Å². The summed E-state index contributed by atoms with van der Waals surface area (Å²) in [4.78, 5) is 15.1. The van der Waals surface area contributed by atoms with Crippen molar-refractivity contribution >= 4 is 5.78 Å². The van der Waals surface area contributed by atoms with Gasteiger partial charge in [0, 0.05) is 35.6 Å². The van der Waals surface area contributed by atoms with E-state index < -0.39 is 0 Å². The summed E-state index contributed by atoms with van der Waals surface area (Å²) in [5.74, 6) is 0.205. The number of carbonyl (C=O) groups is 1. The molecule has 0 spiro atoms. The first-order chi connectivity index (χ1) is 10.5. The summed E-state index contributed by atoms with van der Waals surface area (Å²) in [6, 6.07) is 2.77. The molecule has 0 radical (unpaired) electrons. The fraction of sp³-hybridized carbons (Fsp3) is 0.611. The minimum Gasteiger partial charge on any atom is -0.393 e. The Morgan fingerprint density at radius 2 is 2.00 bits per heavy atom. The van der Waals surface area contributed by atoms with Crippen LogP contribution in [0.1, 0.15) is 47.4 Å². The van der Waals surface area contributed by atoms with Crippen LogP contribution in [0.15, 0.2) is 18.7 Å². The zero-order valence-corrected chi connectivity index (χ0v) is 13.6. The minimum absolute atomic E-state index is 0.179. The first-order valence-corrected chi connectivity index (χ1v) is 8.26. The van der Waals surface area contributed by atoms with E-state index >= 15 is 0 Å². The third-order valence-corrected chi connectivity index (χ3v) is 5.37. The number of rotatable bonds is 5. The van der Waals surface area contributed by atoms with Crippen molar-refractivity contribution in [3.63, 3.8) is 0 Å². The van der Waals surface area contributed by atoms with E-state index in [1.807, 2.05) is 26.0 Å². The molecule has 0 saturated carbocycles. The van der Waals surface area contributed by atoms with Crippen molar-refractivity contribution in [2.24, 2.45) is 0 Å². The lowest BCUT2D eigenvalue weighted by Crippen LogP contribution is -2.46. The lowest BCUT2D eigenvalue weighted by molar-refractivity contribution is 0.0344. The number of aryl methyl sites for hydroxylation is 1.